The Balaban J connectivity index is 2.30. The van der Waals surface area contributed by atoms with E-state index in [0.717, 1.165) is 6.42 Å². The lowest BCUT2D eigenvalue weighted by Crippen LogP contribution is -2.43. The summed E-state index contributed by atoms with van der Waals surface area (Å²) in [5, 5.41) is 20.9. The normalized spacial score (nSPS) is 24.1. The fourth-order valence-electron chi connectivity index (χ4n) is 2.04. The van der Waals surface area contributed by atoms with E-state index >= 15 is 0 Å². The Bertz CT molecular complexity index is 469. The minimum absolute atomic E-state index is 0.0360. The molecule has 7 heteroatoms. The van der Waals surface area contributed by atoms with Gasteiger partial charge < -0.3 is 10.0 Å². The number of nitrogens with zero attached hydrogens (tertiary/aromatic N) is 3. The molecule has 1 aliphatic rings. The van der Waals surface area contributed by atoms with Gasteiger partial charge in [-0.05, 0) is 28.3 Å². The molecular formula is C11H14BrN3O3. The Hall–Kier alpha value is -1.21. The maximum Gasteiger partial charge on any atom is 0.312 e. The van der Waals surface area contributed by atoms with Crippen molar-refractivity contribution in [2.24, 2.45) is 5.92 Å². The molecule has 98 valence electrons. The zero-order valence-corrected chi connectivity index (χ0v) is 11.5. The number of aromatic nitrogens is 1. The first-order valence-electron chi connectivity index (χ1n) is 5.72. The standard InChI is InChI=1S/C11H14BrN3O3/c1-7-2-3-14(6-10(7)16)11-9(15(17)18)4-8(12)5-13-11/h4-5,7,10,16H,2-3,6H2,1H3. The van der Waals surface area contributed by atoms with Crippen LogP contribution >= 0.6 is 15.9 Å². The van der Waals surface area contributed by atoms with Crippen molar-refractivity contribution in [3.8, 4) is 0 Å². The van der Waals surface area contributed by atoms with Gasteiger partial charge in [-0.15, -0.1) is 0 Å². The Morgan fingerprint density at radius 1 is 1.67 bits per heavy atom. The van der Waals surface area contributed by atoms with Gasteiger partial charge >= 0.3 is 5.69 Å². The number of halogens is 1. The molecule has 0 amide bonds. The van der Waals surface area contributed by atoms with Crippen LogP contribution in [0, 0.1) is 16.0 Å². The van der Waals surface area contributed by atoms with Crippen LogP contribution in [0.3, 0.4) is 0 Å². The third kappa shape index (κ3) is 2.62. The lowest BCUT2D eigenvalue weighted by molar-refractivity contribution is -0.384. The van der Waals surface area contributed by atoms with Crippen molar-refractivity contribution in [1.82, 2.24) is 4.98 Å². The summed E-state index contributed by atoms with van der Waals surface area (Å²) in [6, 6.07) is 1.44. The van der Waals surface area contributed by atoms with Gasteiger partial charge in [0.25, 0.3) is 0 Å². The Labute approximate surface area is 113 Å². The van der Waals surface area contributed by atoms with Crippen molar-refractivity contribution in [2.75, 3.05) is 18.0 Å². The highest BCUT2D eigenvalue weighted by atomic mass is 79.9. The third-order valence-corrected chi connectivity index (χ3v) is 3.66. The van der Waals surface area contributed by atoms with E-state index in [1.807, 2.05) is 6.92 Å². The average Bonchev–Trinajstić information content (AvgIpc) is 2.32. The Morgan fingerprint density at radius 3 is 3.00 bits per heavy atom. The molecule has 0 saturated carbocycles. The molecule has 0 bridgehead atoms. The summed E-state index contributed by atoms with van der Waals surface area (Å²) in [7, 11) is 0. The van der Waals surface area contributed by atoms with Crippen molar-refractivity contribution in [1.29, 1.82) is 0 Å². The molecule has 2 heterocycles. The predicted molar refractivity (Wildman–Crippen MR) is 70.6 cm³/mol. The Kier molecular flexibility index (Phi) is 3.82. The summed E-state index contributed by atoms with van der Waals surface area (Å²) >= 11 is 3.18. The van der Waals surface area contributed by atoms with Gasteiger partial charge in [0.2, 0.25) is 5.82 Å². The van der Waals surface area contributed by atoms with Crippen LogP contribution in [0.4, 0.5) is 11.5 Å². The molecule has 0 aliphatic carbocycles. The summed E-state index contributed by atoms with van der Waals surface area (Å²) in [5.41, 5.74) is -0.0360. The first-order valence-corrected chi connectivity index (χ1v) is 6.51. The highest BCUT2D eigenvalue weighted by molar-refractivity contribution is 9.10. The van der Waals surface area contributed by atoms with Crippen LogP contribution in [0.15, 0.2) is 16.7 Å². The quantitative estimate of drug-likeness (QED) is 0.666. The van der Waals surface area contributed by atoms with E-state index in [1.165, 1.54) is 12.3 Å². The molecule has 2 atom stereocenters. The fraction of sp³-hybridized carbons (Fsp3) is 0.545. The molecule has 6 nitrogen and oxygen atoms in total. The molecule has 0 spiro atoms. The van der Waals surface area contributed by atoms with Crippen molar-refractivity contribution in [3.63, 3.8) is 0 Å². The lowest BCUT2D eigenvalue weighted by atomic mass is 9.96. The summed E-state index contributed by atoms with van der Waals surface area (Å²) < 4.78 is 0.573. The van der Waals surface area contributed by atoms with Crippen LogP contribution in [0.1, 0.15) is 13.3 Å². The van der Waals surface area contributed by atoms with E-state index in [2.05, 4.69) is 20.9 Å². The number of hydrogen-bond acceptors (Lipinski definition) is 5. The molecule has 18 heavy (non-hydrogen) atoms. The van der Waals surface area contributed by atoms with Gasteiger partial charge in [0.05, 0.1) is 11.0 Å². The maximum absolute atomic E-state index is 11.0. The van der Waals surface area contributed by atoms with Crippen LogP contribution in [0.2, 0.25) is 0 Å². The molecule has 2 rings (SSSR count). The summed E-state index contributed by atoms with van der Waals surface area (Å²) in [4.78, 5) is 16.5. The molecule has 2 unspecified atom stereocenters. The number of aliphatic hydroxyl groups is 1. The smallest absolute Gasteiger partial charge is 0.312 e. The minimum atomic E-state index is -0.469. The first kappa shape index (κ1) is 13.2. The zero-order valence-electron chi connectivity index (χ0n) is 9.91. The van der Waals surface area contributed by atoms with Crippen LogP contribution in [0.5, 0.6) is 0 Å². The molecule has 1 saturated heterocycles. The highest BCUT2D eigenvalue weighted by Gasteiger charge is 2.29. The van der Waals surface area contributed by atoms with Gasteiger partial charge in [-0.1, -0.05) is 6.92 Å². The van der Waals surface area contributed by atoms with Crippen molar-refractivity contribution >= 4 is 27.4 Å². The van der Waals surface area contributed by atoms with E-state index in [-0.39, 0.29) is 11.6 Å². The lowest BCUT2D eigenvalue weighted by Gasteiger charge is -2.34. The van der Waals surface area contributed by atoms with E-state index in [4.69, 9.17) is 0 Å². The Morgan fingerprint density at radius 2 is 2.39 bits per heavy atom. The van der Waals surface area contributed by atoms with E-state index in [1.54, 1.807) is 4.90 Å². The van der Waals surface area contributed by atoms with Crippen molar-refractivity contribution < 1.29 is 10.0 Å². The monoisotopic (exact) mass is 315 g/mol. The molecule has 1 aromatic rings. The van der Waals surface area contributed by atoms with E-state index < -0.39 is 11.0 Å². The number of pyridine rings is 1. The third-order valence-electron chi connectivity index (χ3n) is 3.23. The van der Waals surface area contributed by atoms with Crippen LogP contribution in [-0.2, 0) is 0 Å². The van der Waals surface area contributed by atoms with E-state index in [0.29, 0.717) is 23.4 Å². The largest absolute Gasteiger partial charge is 0.391 e. The van der Waals surface area contributed by atoms with Gasteiger partial charge in [0, 0.05) is 29.8 Å². The first-order chi connectivity index (χ1) is 8.49. The minimum Gasteiger partial charge on any atom is -0.391 e. The zero-order chi connectivity index (χ0) is 13.3. The van der Waals surface area contributed by atoms with Gasteiger partial charge in [-0.25, -0.2) is 4.98 Å². The SMILES string of the molecule is CC1CCN(c2ncc(Br)cc2[N+](=O)[O-])CC1O. The van der Waals surface area contributed by atoms with Crippen LogP contribution < -0.4 is 4.90 Å². The molecule has 1 aliphatic heterocycles. The second-order valence-electron chi connectivity index (χ2n) is 4.53. The number of nitro groups is 1. The summed E-state index contributed by atoms with van der Waals surface area (Å²) in [6.45, 7) is 3.04. The van der Waals surface area contributed by atoms with Crippen molar-refractivity contribution in [3.05, 3.63) is 26.9 Å². The van der Waals surface area contributed by atoms with E-state index in [9.17, 15) is 15.2 Å². The van der Waals surface area contributed by atoms with Crippen molar-refractivity contribution in [2.45, 2.75) is 19.4 Å². The number of rotatable bonds is 2. The molecule has 0 radical (unpaired) electrons. The molecule has 0 aromatic carbocycles. The highest BCUT2D eigenvalue weighted by Crippen LogP contribution is 2.31. The number of hydrogen-bond donors (Lipinski definition) is 1. The fourth-order valence-corrected chi connectivity index (χ4v) is 2.36. The van der Waals surface area contributed by atoms with Gasteiger partial charge in [-0.2, -0.15) is 0 Å². The number of β-amino-alcohol motifs (C(OH)–C–C–N with tert-alkyl or cyclic N) is 1. The second kappa shape index (κ2) is 5.19. The summed E-state index contributed by atoms with van der Waals surface area (Å²) in [6.07, 6.45) is 1.87. The summed E-state index contributed by atoms with van der Waals surface area (Å²) in [5.74, 6) is 0.546. The molecular weight excluding hydrogens is 302 g/mol. The topological polar surface area (TPSA) is 79.5 Å². The average molecular weight is 316 g/mol. The molecule has 1 fully saturated rings. The molecule has 1 aromatic heterocycles. The second-order valence-corrected chi connectivity index (χ2v) is 5.45. The van der Waals surface area contributed by atoms with Gasteiger partial charge in [0.1, 0.15) is 0 Å². The maximum atomic E-state index is 11.0. The predicted octanol–water partition coefficient (Wildman–Crippen LogP) is 1.96. The molecule has 1 N–H and O–H groups in total. The number of anilines is 1. The van der Waals surface area contributed by atoms with Crippen LogP contribution in [0.25, 0.3) is 0 Å². The number of piperidine rings is 1. The van der Waals surface area contributed by atoms with Crippen LogP contribution in [-0.4, -0.2) is 34.2 Å². The van der Waals surface area contributed by atoms with Gasteiger partial charge in [0.15, 0.2) is 0 Å². The number of aliphatic hydroxyl groups excluding tert-OH is 1. The van der Waals surface area contributed by atoms with Gasteiger partial charge in [-0.3, -0.25) is 10.1 Å².